The molecular weight excluding hydrogens is 224 g/mol. The SMILES string of the molecule is Cc1nc(-c2ccccc2Cl)oc1CCN. The monoisotopic (exact) mass is 236 g/mol. The van der Waals surface area contributed by atoms with Crippen molar-refractivity contribution in [3.8, 4) is 11.5 Å². The fourth-order valence-corrected chi connectivity index (χ4v) is 1.76. The molecule has 84 valence electrons. The van der Waals surface area contributed by atoms with E-state index in [1.807, 2.05) is 31.2 Å². The maximum atomic E-state index is 6.07. The molecule has 0 amide bonds. The van der Waals surface area contributed by atoms with Crippen molar-refractivity contribution in [2.24, 2.45) is 5.73 Å². The number of rotatable bonds is 3. The van der Waals surface area contributed by atoms with Gasteiger partial charge in [-0.05, 0) is 25.6 Å². The Bertz CT molecular complexity index is 494. The third-order valence-corrected chi connectivity index (χ3v) is 2.70. The number of hydrogen-bond acceptors (Lipinski definition) is 3. The zero-order valence-corrected chi connectivity index (χ0v) is 9.79. The summed E-state index contributed by atoms with van der Waals surface area (Å²) >= 11 is 6.07. The van der Waals surface area contributed by atoms with E-state index < -0.39 is 0 Å². The van der Waals surface area contributed by atoms with Crippen molar-refractivity contribution in [1.29, 1.82) is 0 Å². The first-order valence-electron chi connectivity index (χ1n) is 5.13. The normalized spacial score (nSPS) is 10.7. The molecule has 2 rings (SSSR count). The Balaban J connectivity index is 2.42. The van der Waals surface area contributed by atoms with E-state index in [-0.39, 0.29) is 0 Å². The molecule has 2 aromatic rings. The summed E-state index contributed by atoms with van der Waals surface area (Å²) in [4.78, 5) is 4.35. The van der Waals surface area contributed by atoms with Gasteiger partial charge in [0.1, 0.15) is 5.76 Å². The lowest BCUT2D eigenvalue weighted by atomic mass is 10.2. The van der Waals surface area contributed by atoms with Crippen molar-refractivity contribution in [1.82, 2.24) is 4.98 Å². The maximum absolute atomic E-state index is 6.07. The van der Waals surface area contributed by atoms with Gasteiger partial charge in [0.2, 0.25) is 5.89 Å². The van der Waals surface area contributed by atoms with Gasteiger partial charge in [-0.25, -0.2) is 4.98 Å². The summed E-state index contributed by atoms with van der Waals surface area (Å²) in [6.07, 6.45) is 0.698. The van der Waals surface area contributed by atoms with Crippen LogP contribution in [0.5, 0.6) is 0 Å². The molecule has 0 aliphatic carbocycles. The van der Waals surface area contributed by atoms with Gasteiger partial charge in [0.25, 0.3) is 0 Å². The predicted molar refractivity (Wildman–Crippen MR) is 64.4 cm³/mol. The number of nitrogens with two attached hydrogens (primary N) is 1. The minimum absolute atomic E-state index is 0.554. The van der Waals surface area contributed by atoms with Crippen LogP contribution in [0.15, 0.2) is 28.7 Å². The van der Waals surface area contributed by atoms with E-state index in [2.05, 4.69) is 4.98 Å². The lowest BCUT2D eigenvalue weighted by Crippen LogP contribution is -2.02. The van der Waals surface area contributed by atoms with Gasteiger partial charge in [0.05, 0.1) is 16.3 Å². The van der Waals surface area contributed by atoms with Crippen LogP contribution in [0, 0.1) is 6.92 Å². The topological polar surface area (TPSA) is 52.0 Å². The molecule has 0 unspecified atom stereocenters. The van der Waals surface area contributed by atoms with Crippen molar-refractivity contribution in [3.63, 3.8) is 0 Å². The molecule has 0 aliphatic rings. The summed E-state index contributed by atoms with van der Waals surface area (Å²) in [6.45, 7) is 2.47. The van der Waals surface area contributed by atoms with Gasteiger partial charge in [0, 0.05) is 6.42 Å². The van der Waals surface area contributed by atoms with Gasteiger partial charge in [-0.15, -0.1) is 0 Å². The van der Waals surface area contributed by atoms with Crippen molar-refractivity contribution >= 4 is 11.6 Å². The zero-order valence-electron chi connectivity index (χ0n) is 9.03. The van der Waals surface area contributed by atoms with E-state index in [9.17, 15) is 0 Å². The highest BCUT2D eigenvalue weighted by molar-refractivity contribution is 6.33. The summed E-state index contributed by atoms with van der Waals surface area (Å²) in [6, 6.07) is 7.49. The largest absolute Gasteiger partial charge is 0.441 e. The van der Waals surface area contributed by atoms with Crippen LogP contribution in [0.1, 0.15) is 11.5 Å². The summed E-state index contributed by atoms with van der Waals surface area (Å²) < 4.78 is 5.65. The first-order valence-corrected chi connectivity index (χ1v) is 5.51. The lowest BCUT2D eigenvalue weighted by Gasteiger charge is -1.97. The Morgan fingerprint density at radius 1 is 1.38 bits per heavy atom. The smallest absolute Gasteiger partial charge is 0.228 e. The molecular formula is C12H13ClN2O. The molecule has 0 fully saturated rings. The van der Waals surface area contributed by atoms with E-state index >= 15 is 0 Å². The van der Waals surface area contributed by atoms with Crippen LogP contribution in [-0.2, 0) is 6.42 Å². The molecule has 1 aromatic carbocycles. The van der Waals surface area contributed by atoms with Crippen molar-refractivity contribution in [2.75, 3.05) is 6.54 Å². The minimum Gasteiger partial charge on any atom is -0.441 e. The minimum atomic E-state index is 0.554. The van der Waals surface area contributed by atoms with Crippen LogP contribution >= 0.6 is 11.6 Å². The Morgan fingerprint density at radius 2 is 2.12 bits per heavy atom. The standard InChI is InChI=1S/C12H13ClN2O/c1-8-11(6-7-14)16-12(15-8)9-4-2-3-5-10(9)13/h2-5H,6-7,14H2,1H3. The predicted octanol–water partition coefficient (Wildman–Crippen LogP) is 2.80. The molecule has 0 spiro atoms. The summed E-state index contributed by atoms with van der Waals surface area (Å²) in [5.74, 6) is 1.39. The van der Waals surface area contributed by atoms with Gasteiger partial charge in [-0.2, -0.15) is 0 Å². The fourth-order valence-electron chi connectivity index (χ4n) is 1.54. The summed E-state index contributed by atoms with van der Waals surface area (Å²) in [7, 11) is 0. The van der Waals surface area contributed by atoms with Gasteiger partial charge in [-0.1, -0.05) is 23.7 Å². The van der Waals surface area contributed by atoms with E-state index in [0.717, 1.165) is 17.0 Å². The Hall–Kier alpha value is -1.32. The van der Waals surface area contributed by atoms with Crippen LogP contribution in [0.3, 0.4) is 0 Å². The Labute approximate surface area is 99.2 Å². The number of nitrogens with zero attached hydrogens (tertiary/aromatic N) is 1. The number of hydrogen-bond donors (Lipinski definition) is 1. The van der Waals surface area contributed by atoms with Crippen LogP contribution < -0.4 is 5.73 Å². The fraction of sp³-hybridized carbons (Fsp3) is 0.250. The highest BCUT2D eigenvalue weighted by atomic mass is 35.5. The number of oxazole rings is 1. The molecule has 3 nitrogen and oxygen atoms in total. The summed E-state index contributed by atoms with van der Waals surface area (Å²) in [5.41, 5.74) is 7.18. The Morgan fingerprint density at radius 3 is 2.81 bits per heavy atom. The molecule has 4 heteroatoms. The lowest BCUT2D eigenvalue weighted by molar-refractivity contribution is 0.517. The third-order valence-electron chi connectivity index (χ3n) is 2.37. The second-order valence-corrected chi connectivity index (χ2v) is 3.95. The van der Waals surface area contributed by atoms with Gasteiger partial charge in [0.15, 0.2) is 0 Å². The second-order valence-electron chi connectivity index (χ2n) is 3.55. The zero-order chi connectivity index (χ0) is 11.5. The molecule has 0 atom stereocenters. The van der Waals surface area contributed by atoms with Gasteiger partial charge >= 0.3 is 0 Å². The van der Waals surface area contributed by atoms with Gasteiger partial charge in [-0.3, -0.25) is 0 Å². The molecule has 0 saturated heterocycles. The molecule has 16 heavy (non-hydrogen) atoms. The molecule has 1 heterocycles. The first kappa shape index (κ1) is 11.2. The number of halogens is 1. The van der Waals surface area contributed by atoms with E-state index in [1.165, 1.54) is 0 Å². The molecule has 0 saturated carbocycles. The average molecular weight is 237 g/mol. The molecule has 2 N–H and O–H groups in total. The van der Waals surface area contributed by atoms with Crippen molar-refractivity contribution in [2.45, 2.75) is 13.3 Å². The average Bonchev–Trinajstić information content (AvgIpc) is 2.61. The molecule has 1 aromatic heterocycles. The molecule has 0 bridgehead atoms. The quantitative estimate of drug-likeness (QED) is 0.892. The van der Waals surface area contributed by atoms with Crippen LogP contribution in [0.25, 0.3) is 11.5 Å². The van der Waals surface area contributed by atoms with E-state index in [1.54, 1.807) is 0 Å². The summed E-state index contributed by atoms with van der Waals surface area (Å²) in [5, 5.41) is 0.642. The number of aryl methyl sites for hydroxylation is 1. The Kier molecular flexibility index (Phi) is 3.27. The molecule has 0 aliphatic heterocycles. The maximum Gasteiger partial charge on any atom is 0.228 e. The molecule has 0 radical (unpaired) electrons. The van der Waals surface area contributed by atoms with Gasteiger partial charge < -0.3 is 10.2 Å². The number of benzene rings is 1. The van der Waals surface area contributed by atoms with E-state index in [0.29, 0.717) is 23.9 Å². The van der Waals surface area contributed by atoms with E-state index in [4.69, 9.17) is 21.8 Å². The van der Waals surface area contributed by atoms with Crippen molar-refractivity contribution in [3.05, 3.63) is 40.7 Å². The highest BCUT2D eigenvalue weighted by Gasteiger charge is 2.12. The van der Waals surface area contributed by atoms with Crippen LogP contribution in [0.2, 0.25) is 5.02 Å². The second kappa shape index (κ2) is 4.68. The third kappa shape index (κ3) is 2.10. The first-order chi connectivity index (χ1) is 7.72. The van der Waals surface area contributed by atoms with Crippen LogP contribution in [0.4, 0.5) is 0 Å². The number of aromatic nitrogens is 1. The highest BCUT2D eigenvalue weighted by Crippen LogP contribution is 2.28. The van der Waals surface area contributed by atoms with Crippen molar-refractivity contribution < 1.29 is 4.42 Å². The van der Waals surface area contributed by atoms with Crippen LogP contribution in [-0.4, -0.2) is 11.5 Å².